The van der Waals surface area contributed by atoms with Crippen LogP contribution in [0.2, 0.25) is 5.02 Å². The normalized spacial score (nSPS) is 10.7. The second-order valence-corrected chi connectivity index (χ2v) is 7.78. The molecule has 2 amide bonds. The van der Waals surface area contributed by atoms with Crippen molar-refractivity contribution < 1.29 is 9.59 Å². The Hall–Kier alpha value is -1.64. The maximum absolute atomic E-state index is 11.9. The van der Waals surface area contributed by atoms with E-state index in [0.29, 0.717) is 21.0 Å². The van der Waals surface area contributed by atoms with E-state index in [0.717, 1.165) is 5.56 Å². The van der Waals surface area contributed by atoms with Gasteiger partial charge in [-0.2, -0.15) is 0 Å². The van der Waals surface area contributed by atoms with Gasteiger partial charge < -0.3 is 10.6 Å². The third kappa shape index (κ3) is 5.77. The number of nitrogens with one attached hydrogen (secondary N) is 2. The first kappa shape index (κ1) is 18.7. The molecule has 2 N–H and O–H groups in total. The van der Waals surface area contributed by atoms with Gasteiger partial charge >= 0.3 is 0 Å². The van der Waals surface area contributed by atoms with Crippen LogP contribution in [0.1, 0.15) is 19.4 Å². The summed E-state index contributed by atoms with van der Waals surface area (Å²) in [4.78, 5) is 23.5. The second kappa shape index (κ2) is 9.00. The molecule has 0 bridgehead atoms. The Morgan fingerprint density at radius 2 is 2.04 bits per heavy atom. The van der Waals surface area contributed by atoms with Crippen molar-refractivity contribution >= 4 is 51.6 Å². The summed E-state index contributed by atoms with van der Waals surface area (Å²) >= 11 is 8.56. The van der Waals surface area contributed by atoms with Gasteiger partial charge in [0.2, 0.25) is 16.9 Å². The fourth-order valence-corrected chi connectivity index (χ4v) is 3.37. The van der Waals surface area contributed by atoms with Gasteiger partial charge in [0, 0.05) is 17.5 Å². The number of rotatable bonds is 7. The monoisotopic (exact) mass is 384 g/mol. The summed E-state index contributed by atoms with van der Waals surface area (Å²) in [6.07, 6.45) is 0. The van der Waals surface area contributed by atoms with Crippen molar-refractivity contribution in [2.24, 2.45) is 5.92 Å². The van der Waals surface area contributed by atoms with Gasteiger partial charge in [-0.25, -0.2) is 0 Å². The maximum Gasteiger partial charge on any atom is 0.230 e. The van der Waals surface area contributed by atoms with Crippen LogP contribution in [-0.4, -0.2) is 27.8 Å². The fraction of sp³-hybridized carbons (Fsp3) is 0.333. The molecule has 9 heteroatoms. The molecular formula is C15H17ClN4O2S2. The molecule has 128 valence electrons. The van der Waals surface area contributed by atoms with Gasteiger partial charge in [-0.1, -0.05) is 66.7 Å². The number of hydrogen-bond donors (Lipinski definition) is 2. The third-order valence-corrected chi connectivity index (χ3v) is 5.26. The van der Waals surface area contributed by atoms with Crippen molar-refractivity contribution in [3.63, 3.8) is 0 Å². The van der Waals surface area contributed by atoms with Gasteiger partial charge in [0.1, 0.15) is 0 Å². The molecule has 0 saturated carbocycles. The number of nitrogens with zero attached hydrogens (tertiary/aromatic N) is 2. The van der Waals surface area contributed by atoms with Crippen LogP contribution in [0.4, 0.5) is 5.13 Å². The summed E-state index contributed by atoms with van der Waals surface area (Å²) in [6, 6.07) is 7.36. The Labute approximate surface area is 153 Å². The zero-order valence-corrected chi connectivity index (χ0v) is 15.6. The SMILES string of the molecule is CC(C)C(=O)Nc1nnc(SCC(=O)NCc2ccccc2Cl)s1. The number of anilines is 1. The number of amides is 2. The molecule has 0 radical (unpaired) electrons. The summed E-state index contributed by atoms with van der Waals surface area (Å²) in [7, 11) is 0. The minimum Gasteiger partial charge on any atom is -0.351 e. The molecule has 0 aliphatic heterocycles. The molecule has 0 fully saturated rings. The summed E-state index contributed by atoms with van der Waals surface area (Å²) in [5.41, 5.74) is 0.868. The minimum absolute atomic E-state index is 0.111. The van der Waals surface area contributed by atoms with E-state index in [9.17, 15) is 9.59 Å². The third-order valence-electron chi connectivity index (χ3n) is 2.92. The summed E-state index contributed by atoms with van der Waals surface area (Å²) < 4.78 is 0.627. The van der Waals surface area contributed by atoms with Crippen LogP contribution in [0.3, 0.4) is 0 Å². The van der Waals surface area contributed by atoms with Crippen LogP contribution in [0.5, 0.6) is 0 Å². The van der Waals surface area contributed by atoms with Gasteiger partial charge in [0.05, 0.1) is 5.75 Å². The van der Waals surface area contributed by atoms with Crippen molar-refractivity contribution in [1.82, 2.24) is 15.5 Å². The molecule has 1 aromatic carbocycles. The molecule has 0 saturated heterocycles. The number of aromatic nitrogens is 2. The summed E-state index contributed by atoms with van der Waals surface area (Å²) in [5, 5.41) is 14.4. The van der Waals surface area contributed by atoms with Crippen molar-refractivity contribution in [2.75, 3.05) is 11.1 Å². The highest BCUT2D eigenvalue weighted by Crippen LogP contribution is 2.25. The lowest BCUT2D eigenvalue weighted by Crippen LogP contribution is -2.24. The first-order chi connectivity index (χ1) is 11.5. The van der Waals surface area contributed by atoms with E-state index in [1.165, 1.54) is 23.1 Å². The minimum atomic E-state index is -0.124. The topological polar surface area (TPSA) is 84.0 Å². The standard InChI is InChI=1S/C15H17ClN4O2S2/c1-9(2)13(22)18-14-19-20-15(24-14)23-8-12(21)17-7-10-5-3-4-6-11(10)16/h3-6,9H,7-8H2,1-2H3,(H,17,21)(H,18,19,22). The van der Waals surface area contributed by atoms with Gasteiger partial charge in [-0.05, 0) is 11.6 Å². The molecule has 1 aromatic heterocycles. The van der Waals surface area contributed by atoms with Gasteiger partial charge in [-0.3, -0.25) is 9.59 Å². The molecular weight excluding hydrogens is 368 g/mol. The molecule has 2 rings (SSSR count). The highest BCUT2D eigenvalue weighted by molar-refractivity contribution is 8.01. The van der Waals surface area contributed by atoms with E-state index in [4.69, 9.17) is 11.6 Å². The lowest BCUT2D eigenvalue weighted by atomic mass is 10.2. The molecule has 0 unspecified atom stereocenters. The maximum atomic E-state index is 11.9. The summed E-state index contributed by atoms with van der Waals surface area (Å²) in [5.74, 6) is -0.138. The Kier molecular flexibility index (Phi) is 7.01. The van der Waals surface area contributed by atoms with Crippen molar-refractivity contribution in [2.45, 2.75) is 24.7 Å². The van der Waals surface area contributed by atoms with Crippen LogP contribution >= 0.6 is 34.7 Å². The average Bonchev–Trinajstić information content (AvgIpc) is 2.99. The molecule has 24 heavy (non-hydrogen) atoms. The molecule has 1 heterocycles. The highest BCUT2D eigenvalue weighted by atomic mass is 35.5. The Morgan fingerprint density at radius 1 is 1.29 bits per heavy atom. The second-order valence-electron chi connectivity index (χ2n) is 5.17. The quantitative estimate of drug-likeness (QED) is 0.565. The van der Waals surface area contributed by atoms with Crippen LogP contribution in [0, 0.1) is 5.92 Å². The van der Waals surface area contributed by atoms with Crippen LogP contribution in [0.25, 0.3) is 0 Å². The van der Waals surface area contributed by atoms with E-state index in [1.54, 1.807) is 19.9 Å². The van der Waals surface area contributed by atoms with E-state index >= 15 is 0 Å². The number of thioether (sulfide) groups is 1. The molecule has 0 spiro atoms. The van der Waals surface area contributed by atoms with Gasteiger partial charge in [0.15, 0.2) is 4.34 Å². The predicted molar refractivity (Wildman–Crippen MR) is 97.4 cm³/mol. The Balaban J connectivity index is 1.77. The smallest absolute Gasteiger partial charge is 0.230 e. The number of carbonyl (C=O) groups excluding carboxylic acids is 2. The van der Waals surface area contributed by atoms with Crippen molar-refractivity contribution in [3.05, 3.63) is 34.9 Å². The number of benzene rings is 1. The van der Waals surface area contributed by atoms with E-state index in [1.807, 2.05) is 18.2 Å². The van der Waals surface area contributed by atoms with Crippen molar-refractivity contribution in [3.8, 4) is 0 Å². The number of halogens is 1. The van der Waals surface area contributed by atoms with Crippen LogP contribution in [-0.2, 0) is 16.1 Å². The molecule has 0 atom stereocenters. The first-order valence-corrected chi connectivity index (χ1v) is 9.41. The zero-order valence-electron chi connectivity index (χ0n) is 13.2. The Morgan fingerprint density at radius 3 is 2.75 bits per heavy atom. The summed E-state index contributed by atoms with van der Waals surface area (Å²) in [6.45, 7) is 3.98. The van der Waals surface area contributed by atoms with Crippen LogP contribution < -0.4 is 10.6 Å². The van der Waals surface area contributed by atoms with Gasteiger partial charge in [0.25, 0.3) is 0 Å². The lowest BCUT2D eigenvalue weighted by Gasteiger charge is -2.06. The Bertz CT molecular complexity index is 721. The first-order valence-electron chi connectivity index (χ1n) is 7.23. The van der Waals surface area contributed by atoms with E-state index < -0.39 is 0 Å². The molecule has 0 aliphatic rings. The predicted octanol–water partition coefficient (Wildman–Crippen LogP) is 3.19. The highest BCUT2D eigenvalue weighted by Gasteiger charge is 2.12. The molecule has 6 nitrogen and oxygen atoms in total. The number of carbonyl (C=O) groups is 2. The number of hydrogen-bond acceptors (Lipinski definition) is 6. The van der Waals surface area contributed by atoms with E-state index in [-0.39, 0.29) is 23.5 Å². The largest absolute Gasteiger partial charge is 0.351 e. The molecule has 2 aromatic rings. The van der Waals surface area contributed by atoms with E-state index in [2.05, 4.69) is 20.8 Å². The molecule has 0 aliphatic carbocycles. The van der Waals surface area contributed by atoms with Crippen molar-refractivity contribution in [1.29, 1.82) is 0 Å². The average molecular weight is 385 g/mol. The fourth-order valence-electron chi connectivity index (χ4n) is 1.58. The van der Waals surface area contributed by atoms with Gasteiger partial charge in [-0.15, -0.1) is 10.2 Å². The zero-order chi connectivity index (χ0) is 17.5. The van der Waals surface area contributed by atoms with Crippen LogP contribution in [0.15, 0.2) is 28.6 Å². The lowest BCUT2D eigenvalue weighted by molar-refractivity contribution is -0.119.